The molecule has 0 unspecified atom stereocenters. The highest BCUT2D eigenvalue weighted by atomic mass is 19.1. The third-order valence-corrected chi connectivity index (χ3v) is 5.80. The SMILES string of the molecule is C#CCOC[C@H](O)CN(Cc1c(C)nn(-c2ccccc2)c1Oc1ccc(F)cc1F)CC1CC1. The first-order chi connectivity index (χ1) is 16.9. The number of benzene rings is 2. The molecule has 0 aliphatic heterocycles. The topological polar surface area (TPSA) is 59.8 Å². The Bertz CT molecular complexity index is 1170. The van der Waals surface area contributed by atoms with Crippen molar-refractivity contribution in [3.63, 3.8) is 0 Å². The molecule has 0 bridgehead atoms. The first-order valence-electron chi connectivity index (χ1n) is 11.6. The lowest BCUT2D eigenvalue weighted by Gasteiger charge is -2.25. The van der Waals surface area contributed by atoms with Crippen LogP contribution in [0.1, 0.15) is 24.1 Å². The third kappa shape index (κ3) is 6.67. The number of hydrogen-bond donors (Lipinski definition) is 1. The van der Waals surface area contributed by atoms with Crippen molar-refractivity contribution in [2.75, 3.05) is 26.3 Å². The Balaban J connectivity index is 1.65. The minimum Gasteiger partial charge on any atom is -0.435 e. The van der Waals surface area contributed by atoms with E-state index in [2.05, 4.69) is 15.9 Å². The number of ether oxygens (including phenoxy) is 2. The van der Waals surface area contributed by atoms with Gasteiger partial charge in [0.25, 0.3) is 0 Å². The smallest absolute Gasteiger partial charge is 0.227 e. The largest absolute Gasteiger partial charge is 0.435 e. The van der Waals surface area contributed by atoms with Gasteiger partial charge in [0.1, 0.15) is 12.4 Å². The molecule has 1 N–H and O–H groups in total. The zero-order valence-corrected chi connectivity index (χ0v) is 19.7. The standard InChI is InChI=1S/C27H29F2N3O3/c1-3-13-34-18-23(33)16-31(15-20-9-10-20)17-24-19(2)30-32(22-7-5-4-6-8-22)27(24)35-26-12-11-21(28)14-25(26)29/h1,4-8,11-12,14,20,23,33H,9-10,13,15-18H2,2H3/t23-/m1/s1. The maximum atomic E-state index is 14.5. The minimum absolute atomic E-state index is 0.0961. The van der Waals surface area contributed by atoms with E-state index in [1.807, 2.05) is 37.3 Å². The summed E-state index contributed by atoms with van der Waals surface area (Å²) in [6.45, 7) is 3.75. The van der Waals surface area contributed by atoms with Crippen LogP contribution in [0.5, 0.6) is 11.6 Å². The van der Waals surface area contributed by atoms with Gasteiger partial charge in [0.2, 0.25) is 5.88 Å². The number of rotatable bonds is 12. The van der Waals surface area contributed by atoms with Gasteiger partial charge >= 0.3 is 0 Å². The van der Waals surface area contributed by atoms with Crippen molar-refractivity contribution in [3.05, 3.63) is 71.4 Å². The molecule has 1 aliphatic carbocycles. The number of halogens is 2. The fourth-order valence-electron chi connectivity index (χ4n) is 3.93. The van der Waals surface area contributed by atoms with Crippen LogP contribution in [0.3, 0.4) is 0 Å². The molecule has 3 aromatic rings. The van der Waals surface area contributed by atoms with Gasteiger partial charge in [-0.25, -0.2) is 13.5 Å². The molecule has 1 fully saturated rings. The molecular formula is C27H29F2N3O3. The molecular weight excluding hydrogens is 452 g/mol. The number of aliphatic hydroxyl groups excluding tert-OH is 1. The van der Waals surface area contributed by atoms with Gasteiger partial charge < -0.3 is 14.6 Å². The van der Waals surface area contributed by atoms with E-state index in [9.17, 15) is 13.9 Å². The van der Waals surface area contributed by atoms with E-state index in [0.717, 1.165) is 42.8 Å². The highest BCUT2D eigenvalue weighted by Gasteiger charge is 2.28. The molecule has 1 aromatic heterocycles. The Hall–Kier alpha value is -3.25. The van der Waals surface area contributed by atoms with Crippen molar-refractivity contribution in [1.82, 2.24) is 14.7 Å². The van der Waals surface area contributed by atoms with Crippen molar-refractivity contribution in [1.29, 1.82) is 0 Å². The molecule has 0 spiro atoms. The summed E-state index contributed by atoms with van der Waals surface area (Å²) in [5, 5.41) is 15.2. The molecule has 1 aliphatic rings. The Morgan fingerprint density at radius 1 is 1.23 bits per heavy atom. The lowest BCUT2D eigenvalue weighted by atomic mass is 10.2. The summed E-state index contributed by atoms with van der Waals surface area (Å²) in [5.41, 5.74) is 2.22. The van der Waals surface area contributed by atoms with Crippen LogP contribution in [0.2, 0.25) is 0 Å². The van der Waals surface area contributed by atoms with Crippen molar-refractivity contribution in [3.8, 4) is 29.7 Å². The average molecular weight is 482 g/mol. The summed E-state index contributed by atoms with van der Waals surface area (Å²) < 4.78 is 40.9. The molecule has 0 saturated heterocycles. The zero-order chi connectivity index (χ0) is 24.8. The second-order valence-electron chi connectivity index (χ2n) is 8.80. The van der Waals surface area contributed by atoms with E-state index < -0.39 is 17.7 Å². The number of nitrogens with zero attached hydrogens (tertiary/aromatic N) is 3. The van der Waals surface area contributed by atoms with Crippen molar-refractivity contribution < 1.29 is 23.4 Å². The van der Waals surface area contributed by atoms with Gasteiger partial charge in [-0.2, -0.15) is 5.10 Å². The Labute approximate surface area is 204 Å². The van der Waals surface area contributed by atoms with Gasteiger partial charge in [0.05, 0.1) is 29.7 Å². The summed E-state index contributed by atoms with van der Waals surface area (Å²) in [6.07, 6.45) is 6.79. The Morgan fingerprint density at radius 2 is 2.00 bits per heavy atom. The molecule has 184 valence electrons. The van der Waals surface area contributed by atoms with Gasteiger partial charge in [-0.3, -0.25) is 4.90 Å². The summed E-state index contributed by atoms with van der Waals surface area (Å²) in [6, 6.07) is 12.6. The van der Waals surface area contributed by atoms with Crippen LogP contribution in [0.25, 0.3) is 5.69 Å². The van der Waals surface area contributed by atoms with Gasteiger partial charge in [-0.05, 0) is 49.9 Å². The van der Waals surface area contributed by atoms with E-state index in [1.54, 1.807) is 4.68 Å². The molecule has 4 rings (SSSR count). The fourth-order valence-corrected chi connectivity index (χ4v) is 3.93. The van der Waals surface area contributed by atoms with Crippen LogP contribution in [-0.2, 0) is 11.3 Å². The summed E-state index contributed by atoms with van der Waals surface area (Å²) in [5.74, 6) is 1.73. The van der Waals surface area contributed by atoms with Crippen molar-refractivity contribution in [2.24, 2.45) is 5.92 Å². The fraction of sp³-hybridized carbons (Fsp3) is 0.370. The van der Waals surface area contributed by atoms with Gasteiger partial charge in [-0.15, -0.1) is 6.42 Å². The number of para-hydroxylation sites is 1. The molecule has 1 atom stereocenters. The lowest BCUT2D eigenvalue weighted by Crippen LogP contribution is -2.36. The number of aliphatic hydroxyl groups is 1. The second-order valence-corrected chi connectivity index (χ2v) is 8.80. The first kappa shape index (κ1) is 24.9. The molecule has 8 heteroatoms. The lowest BCUT2D eigenvalue weighted by molar-refractivity contribution is 0.0250. The number of terminal acetylenes is 1. The average Bonchev–Trinajstić information content (AvgIpc) is 3.60. The van der Waals surface area contributed by atoms with Crippen LogP contribution >= 0.6 is 0 Å². The number of aryl methyl sites for hydroxylation is 1. The zero-order valence-electron chi connectivity index (χ0n) is 19.7. The highest BCUT2D eigenvalue weighted by Crippen LogP contribution is 2.35. The van der Waals surface area contributed by atoms with Crippen molar-refractivity contribution >= 4 is 0 Å². The van der Waals surface area contributed by atoms with E-state index in [0.29, 0.717) is 30.6 Å². The van der Waals surface area contributed by atoms with Gasteiger partial charge in [-0.1, -0.05) is 24.1 Å². The summed E-state index contributed by atoms with van der Waals surface area (Å²) in [7, 11) is 0. The van der Waals surface area contributed by atoms with E-state index in [-0.39, 0.29) is 19.0 Å². The minimum atomic E-state index is -0.801. The maximum Gasteiger partial charge on any atom is 0.227 e. The molecule has 0 radical (unpaired) electrons. The number of hydrogen-bond acceptors (Lipinski definition) is 5. The third-order valence-electron chi connectivity index (χ3n) is 5.80. The predicted molar refractivity (Wildman–Crippen MR) is 128 cm³/mol. The molecule has 6 nitrogen and oxygen atoms in total. The Kier molecular flexibility index (Phi) is 8.13. The summed E-state index contributed by atoms with van der Waals surface area (Å²) >= 11 is 0. The molecule has 35 heavy (non-hydrogen) atoms. The van der Waals surface area contributed by atoms with Crippen LogP contribution in [0.4, 0.5) is 8.78 Å². The Morgan fingerprint density at radius 3 is 2.69 bits per heavy atom. The number of aromatic nitrogens is 2. The monoisotopic (exact) mass is 481 g/mol. The van der Waals surface area contributed by atoms with E-state index in [4.69, 9.17) is 15.9 Å². The predicted octanol–water partition coefficient (Wildman–Crippen LogP) is 4.47. The summed E-state index contributed by atoms with van der Waals surface area (Å²) in [4.78, 5) is 2.13. The van der Waals surface area contributed by atoms with E-state index >= 15 is 0 Å². The van der Waals surface area contributed by atoms with Crippen LogP contribution in [-0.4, -0.2) is 52.2 Å². The maximum absolute atomic E-state index is 14.5. The first-order valence-corrected chi connectivity index (χ1v) is 11.6. The van der Waals surface area contributed by atoms with Crippen LogP contribution in [0.15, 0.2) is 48.5 Å². The van der Waals surface area contributed by atoms with Gasteiger partial charge in [0, 0.05) is 25.7 Å². The highest BCUT2D eigenvalue weighted by molar-refractivity contribution is 5.43. The second kappa shape index (κ2) is 11.5. The van der Waals surface area contributed by atoms with Crippen LogP contribution < -0.4 is 4.74 Å². The molecule has 1 saturated carbocycles. The van der Waals surface area contributed by atoms with Crippen LogP contribution in [0, 0.1) is 36.8 Å². The molecule has 0 amide bonds. The quantitative estimate of drug-likeness (QED) is 0.306. The van der Waals surface area contributed by atoms with Crippen molar-refractivity contribution in [2.45, 2.75) is 32.4 Å². The normalized spacial score (nSPS) is 14.2. The molecule has 1 heterocycles. The van der Waals surface area contributed by atoms with Gasteiger partial charge in [0.15, 0.2) is 11.6 Å². The molecule has 2 aromatic carbocycles. The van der Waals surface area contributed by atoms with E-state index in [1.165, 1.54) is 6.07 Å².